The Labute approximate surface area is 118 Å². The maximum atomic E-state index is 12.1. The minimum absolute atomic E-state index is 0.0952. The second kappa shape index (κ2) is 5.94. The minimum atomic E-state index is -0.470. The number of carbonyl (C=O) groups is 2. The lowest BCUT2D eigenvalue weighted by atomic mass is 10.2. The molecule has 0 radical (unpaired) electrons. The zero-order valence-electron chi connectivity index (χ0n) is 12.1. The van der Waals surface area contributed by atoms with E-state index < -0.39 is 6.04 Å². The molecular formula is C15H20N2O3. The van der Waals surface area contributed by atoms with Crippen molar-refractivity contribution in [2.24, 2.45) is 0 Å². The number of rotatable bonds is 5. The van der Waals surface area contributed by atoms with E-state index in [9.17, 15) is 9.59 Å². The van der Waals surface area contributed by atoms with Crippen LogP contribution in [0.5, 0.6) is 5.75 Å². The molecule has 0 aromatic heterocycles. The van der Waals surface area contributed by atoms with Crippen molar-refractivity contribution < 1.29 is 14.3 Å². The van der Waals surface area contributed by atoms with Crippen LogP contribution in [0.4, 0.5) is 5.69 Å². The van der Waals surface area contributed by atoms with E-state index in [4.69, 9.17) is 4.74 Å². The summed E-state index contributed by atoms with van der Waals surface area (Å²) in [6.45, 7) is 6.23. The number of imide groups is 1. The van der Waals surface area contributed by atoms with Crippen molar-refractivity contribution in [1.29, 1.82) is 0 Å². The third-order valence-corrected chi connectivity index (χ3v) is 3.21. The number of ether oxygens (including phenoxy) is 1. The van der Waals surface area contributed by atoms with Crippen molar-refractivity contribution in [3.05, 3.63) is 24.3 Å². The van der Waals surface area contributed by atoms with E-state index in [0.29, 0.717) is 6.61 Å². The van der Waals surface area contributed by atoms with Gasteiger partial charge in [0.1, 0.15) is 11.8 Å². The molecule has 2 amide bonds. The number of likely N-dealkylation sites (tertiary alicyclic amines) is 1. The molecule has 1 aliphatic rings. The first-order chi connectivity index (χ1) is 9.52. The quantitative estimate of drug-likeness (QED) is 0.836. The van der Waals surface area contributed by atoms with E-state index in [2.05, 4.69) is 5.32 Å². The van der Waals surface area contributed by atoms with E-state index in [0.717, 1.165) is 11.4 Å². The SMILES string of the molecule is CCOc1ccc(N[C@H]2CC(=O)N(C(C)C)C2=O)cc1. The van der Waals surface area contributed by atoms with E-state index >= 15 is 0 Å². The van der Waals surface area contributed by atoms with Crippen LogP contribution in [-0.2, 0) is 9.59 Å². The van der Waals surface area contributed by atoms with Crippen LogP contribution in [0, 0.1) is 0 Å². The molecule has 5 nitrogen and oxygen atoms in total. The topological polar surface area (TPSA) is 58.6 Å². The van der Waals surface area contributed by atoms with Crippen molar-refractivity contribution >= 4 is 17.5 Å². The lowest BCUT2D eigenvalue weighted by molar-refractivity contribution is -0.140. The molecule has 1 fully saturated rings. The summed E-state index contributed by atoms with van der Waals surface area (Å²) < 4.78 is 5.36. The standard InChI is InChI=1S/C15H20N2O3/c1-4-20-12-7-5-11(6-8-12)16-13-9-14(18)17(10(2)3)15(13)19/h5-8,10,13,16H,4,9H2,1-3H3/t13-/m0/s1. The third-order valence-electron chi connectivity index (χ3n) is 3.21. The van der Waals surface area contributed by atoms with Gasteiger partial charge in [-0.25, -0.2) is 0 Å². The number of nitrogens with zero attached hydrogens (tertiary/aromatic N) is 1. The van der Waals surface area contributed by atoms with Crippen molar-refractivity contribution in [2.45, 2.75) is 39.3 Å². The van der Waals surface area contributed by atoms with Crippen LogP contribution < -0.4 is 10.1 Å². The number of hydrogen-bond acceptors (Lipinski definition) is 4. The summed E-state index contributed by atoms with van der Waals surface area (Å²) in [4.78, 5) is 25.3. The van der Waals surface area contributed by atoms with Gasteiger partial charge in [0.25, 0.3) is 5.91 Å². The van der Waals surface area contributed by atoms with E-state index in [-0.39, 0.29) is 24.3 Å². The first kappa shape index (κ1) is 14.4. The summed E-state index contributed by atoms with van der Waals surface area (Å²) in [5.74, 6) is 0.517. The van der Waals surface area contributed by atoms with Crippen LogP contribution in [-0.4, -0.2) is 35.4 Å². The number of anilines is 1. The van der Waals surface area contributed by atoms with Gasteiger partial charge in [0.05, 0.1) is 13.0 Å². The van der Waals surface area contributed by atoms with Crippen LogP contribution in [0.3, 0.4) is 0 Å². The van der Waals surface area contributed by atoms with Gasteiger partial charge in [-0.15, -0.1) is 0 Å². The summed E-state index contributed by atoms with van der Waals surface area (Å²) in [5, 5.41) is 3.11. The molecule has 1 aromatic rings. The van der Waals surface area contributed by atoms with Gasteiger partial charge in [0.15, 0.2) is 0 Å². The highest BCUT2D eigenvalue weighted by molar-refractivity contribution is 6.07. The third kappa shape index (κ3) is 2.92. The number of hydrogen-bond donors (Lipinski definition) is 1. The Morgan fingerprint density at radius 1 is 1.30 bits per heavy atom. The summed E-state index contributed by atoms with van der Waals surface area (Å²) >= 11 is 0. The molecule has 2 rings (SSSR count). The highest BCUT2D eigenvalue weighted by Crippen LogP contribution is 2.22. The number of carbonyl (C=O) groups excluding carboxylic acids is 2. The molecule has 1 heterocycles. The predicted molar refractivity (Wildman–Crippen MR) is 76.6 cm³/mol. The molecule has 1 saturated heterocycles. The largest absolute Gasteiger partial charge is 0.494 e. The van der Waals surface area contributed by atoms with Crippen molar-refractivity contribution in [1.82, 2.24) is 4.90 Å². The molecule has 0 spiro atoms. The van der Waals surface area contributed by atoms with Crippen molar-refractivity contribution in [2.75, 3.05) is 11.9 Å². The maximum Gasteiger partial charge on any atom is 0.252 e. The summed E-state index contributed by atoms with van der Waals surface area (Å²) in [5.41, 5.74) is 0.810. The Morgan fingerprint density at radius 3 is 2.45 bits per heavy atom. The van der Waals surface area contributed by atoms with Crippen LogP contribution in [0.2, 0.25) is 0 Å². The number of nitrogens with one attached hydrogen (secondary N) is 1. The Hall–Kier alpha value is -2.04. The molecule has 0 aliphatic carbocycles. The van der Waals surface area contributed by atoms with Crippen LogP contribution in [0.15, 0.2) is 24.3 Å². The molecule has 0 saturated carbocycles. The van der Waals surface area contributed by atoms with Gasteiger partial charge in [0.2, 0.25) is 5.91 Å². The van der Waals surface area contributed by atoms with Gasteiger partial charge in [-0.3, -0.25) is 14.5 Å². The zero-order valence-corrected chi connectivity index (χ0v) is 12.1. The van der Waals surface area contributed by atoms with Gasteiger partial charge < -0.3 is 10.1 Å². The van der Waals surface area contributed by atoms with E-state index in [1.807, 2.05) is 45.0 Å². The fourth-order valence-electron chi connectivity index (χ4n) is 2.32. The van der Waals surface area contributed by atoms with Gasteiger partial charge in [-0.2, -0.15) is 0 Å². The fraction of sp³-hybridized carbons (Fsp3) is 0.467. The Morgan fingerprint density at radius 2 is 1.95 bits per heavy atom. The molecule has 1 N–H and O–H groups in total. The monoisotopic (exact) mass is 276 g/mol. The first-order valence-corrected chi connectivity index (χ1v) is 6.88. The lowest BCUT2D eigenvalue weighted by Gasteiger charge is -2.19. The fourth-order valence-corrected chi connectivity index (χ4v) is 2.32. The Balaban J connectivity index is 2.03. The van der Waals surface area contributed by atoms with Crippen molar-refractivity contribution in [3.63, 3.8) is 0 Å². The predicted octanol–water partition coefficient (Wildman–Crippen LogP) is 2.03. The zero-order chi connectivity index (χ0) is 14.7. The molecule has 1 atom stereocenters. The van der Waals surface area contributed by atoms with Gasteiger partial charge in [-0.05, 0) is 45.0 Å². The lowest BCUT2D eigenvalue weighted by Crippen LogP contribution is -2.39. The van der Waals surface area contributed by atoms with Crippen molar-refractivity contribution in [3.8, 4) is 5.75 Å². The molecule has 5 heteroatoms. The maximum absolute atomic E-state index is 12.1. The molecule has 1 aliphatic heterocycles. The van der Waals surface area contributed by atoms with Gasteiger partial charge >= 0.3 is 0 Å². The molecule has 108 valence electrons. The van der Waals surface area contributed by atoms with E-state index in [1.54, 1.807) is 0 Å². The summed E-state index contributed by atoms with van der Waals surface area (Å²) in [6.07, 6.45) is 0.213. The Kier molecular flexibility index (Phi) is 4.27. The number of amides is 2. The summed E-state index contributed by atoms with van der Waals surface area (Å²) in [7, 11) is 0. The smallest absolute Gasteiger partial charge is 0.252 e. The number of benzene rings is 1. The molecule has 20 heavy (non-hydrogen) atoms. The molecular weight excluding hydrogens is 256 g/mol. The van der Waals surface area contributed by atoms with Crippen LogP contribution in [0.25, 0.3) is 0 Å². The van der Waals surface area contributed by atoms with E-state index in [1.165, 1.54) is 4.90 Å². The normalized spacial score (nSPS) is 18.8. The minimum Gasteiger partial charge on any atom is -0.494 e. The Bertz CT molecular complexity index is 496. The highest BCUT2D eigenvalue weighted by Gasteiger charge is 2.39. The second-order valence-electron chi connectivity index (χ2n) is 5.05. The molecule has 0 bridgehead atoms. The molecule has 1 aromatic carbocycles. The average molecular weight is 276 g/mol. The average Bonchev–Trinajstić information content (AvgIpc) is 2.67. The molecule has 0 unspecified atom stereocenters. The van der Waals surface area contributed by atoms with Gasteiger partial charge in [0, 0.05) is 11.7 Å². The summed E-state index contributed by atoms with van der Waals surface area (Å²) in [6, 6.07) is 6.81. The van der Waals surface area contributed by atoms with Gasteiger partial charge in [-0.1, -0.05) is 0 Å². The first-order valence-electron chi connectivity index (χ1n) is 6.88. The van der Waals surface area contributed by atoms with Crippen LogP contribution >= 0.6 is 0 Å². The van der Waals surface area contributed by atoms with Crippen LogP contribution in [0.1, 0.15) is 27.2 Å². The second-order valence-corrected chi connectivity index (χ2v) is 5.05. The highest BCUT2D eigenvalue weighted by atomic mass is 16.5.